The molecule has 0 radical (unpaired) electrons. The van der Waals surface area contributed by atoms with E-state index >= 15 is 0 Å². The van der Waals surface area contributed by atoms with Gasteiger partial charge in [0.25, 0.3) is 0 Å². The van der Waals surface area contributed by atoms with Crippen LogP contribution >= 0.6 is 0 Å². The lowest BCUT2D eigenvalue weighted by Gasteiger charge is -2.06. The van der Waals surface area contributed by atoms with E-state index in [0.717, 1.165) is 26.4 Å². The zero-order valence-electron chi connectivity index (χ0n) is 17.7. The fourth-order valence-electron chi connectivity index (χ4n) is 3.17. The van der Waals surface area contributed by atoms with Crippen molar-refractivity contribution in [3.8, 4) is 0 Å². The molecule has 0 bridgehead atoms. The van der Waals surface area contributed by atoms with Gasteiger partial charge < -0.3 is 9.47 Å². The number of hydrogen-bond donors (Lipinski definition) is 0. The lowest BCUT2D eigenvalue weighted by molar-refractivity contribution is 0.0449. The molecule has 0 atom stereocenters. The molecule has 0 saturated heterocycles. The van der Waals surface area contributed by atoms with Gasteiger partial charge in [0.1, 0.15) is 0 Å². The van der Waals surface area contributed by atoms with Crippen LogP contribution in [0.25, 0.3) is 0 Å². The van der Waals surface area contributed by atoms with Crippen molar-refractivity contribution in [1.82, 2.24) is 0 Å². The van der Waals surface area contributed by atoms with Crippen molar-refractivity contribution in [2.45, 2.75) is 123 Å². The Morgan fingerprint density at radius 3 is 1.00 bits per heavy atom. The highest BCUT2D eigenvalue weighted by Gasteiger charge is 1.95. The average molecular weight is 357 g/mol. The smallest absolute Gasteiger partial charge is 0.0700 e. The second kappa shape index (κ2) is 23.9. The lowest BCUT2D eigenvalue weighted by atomic mass is 10.0. The summed E-state index contributed by atoms with van der Waals surface area (Å²) in [6.07, 6.45) is 23.5. The maximum absolute atomic E-state index is 5.62. The van der Waals surface area contributed by atoms with Gasteiger partial charge in [-0.1, -0.05) is 110 Å². The van der Waals surface area contributed by atoms with Crippen LogP contribution in [0.3, 0.4) is 0 Å². The zero-order chi connectivity index (χ0) is 18.3. The molecule has 152 valence electrons. The van der Waals surface area contributed by atoms with Gasteiger partial charge in [0.05, 0.1) is 13.2 Å². The topological polar surface area (TPSA) is 18.5 Å². The molecule has 2 nitrogen and oxygen atoms in total. The predicted octanol–water partition coefficient (Wildman–Crippen LogP) is 7.69. The molecule has 0 N–H and O–H groups in total. The molecule has 0 spiro atoms. The van der Waals surface area contributed by atoms with Gasteiger partial charge in [-0.15, -0.1) is 0 Å². The second-order valence-electron chi connectivity index (χ2n) is 7.53. The van der Waals surface area contributed by atoms with Crippen LogP contribution in [0.15, 0.2) is 0 Å². The van der Waals surface area contributed by atoms with E-state index in [0.29, 0.717) is 0 Å². The summed E-state index contributed by atoms with van der Waals surface area (Å²) in [5.41, 5.74) is 0. The summed E-state index contributed by atoms with van der Waals surface area (Å²) in [5.74, 6) is 0. The van der Waals surface area contributed by atoms with Crippen molar-refractivity contribution < 1.29 is 9.47 Å². The maximum Gasteiger partial charge on any atom is 0.0700 e. The molecule has 0 amide bonds. The van der Waals surface area contributed by atoms with Gasteiger partial charge in [0, 0.05) is 13.2 Å². The summed E-state index contributed by atoms with van der Waals surface area (Å²) in [7, 11) is 0. The van der Waals surface area contributed by atoms with Crippen LogP contribution in [0.4, 0.5) is 0 Å². The summed E-state index contributed by atoms with van der Waals surface area (Å²) in [5, 5.41) is 0. The molecule has 0 aromatic heterocycles. The van der Waals surface area contributed by atoms with E-state index in [4.69, 9.17) is 9.47 Å². The second-order valence-corrected chi connectivity index (χ2v) is 7.53. The quantitative estimate of drug-likeness (QED) is 0.185. The molecule has 0 saturated carbocycles. The molecule has 0 aliphatic rings. The molecule has 0 aliphatic heterocycles. The largest absolute Gasteiger partial charge is 0.379 e. The van der Waals surface area contributed by atoms with Crippen LogP contribution in [0.1, 0.15) is 123 Å². The normalized spacial score (nSPS) is 11.3. The summed E-state index contributed by atoms with van der Waals surface area (Å²) in [6, 6.07) is 0. The minimum atomic E-state index is 0.766. The van der Waals surface area contributed by atoms with E-state index in [1.165, 1.54) is 109 Å². The first-order chi connectivity index (χ1) is 12.4. The molecule has 25 heavy (non-hydrogen) atoms. The van der Waals surface area contributed by atoms with Crippen LogP contribution in [0.5, 0.6) is 0 Å². The maximum atomic E-state index is 5.62. The highest BCUT2D eigenvalue weighted by molar-refractivity contribution is 4.49. The van der Waals surface area contributed by atoms with Gasteiger partial charge in [0.2, 0.25) is 0 Å². The molecule has 0 unspecified atom stereocenters. The fourth-order valence-corrected chi connectivity index (χ4v) is 3.17. The first kappa shape index (κ1) is 24.9. The van der Waals surface area contributed by atoms with Gasteiger partial charge in [-0.25, -0.2) is 0 Å². The molecule has 0 heterocycles. The van der Waals surface area contributed by atoms with E-state index < -0.39 is 0 Å². The Bertz CT molecular complexity index is 196. The Labute approximate surface area is 159 Å². The molecule has 0 fully saturated rings. The Morgan fingerprint density at radius 1 is 0.320 bits per heavy atom. The lowest BCUT2D eigenvalue weighted by Crippen LogP contribution is -2.06. The Balaban J connectivity index is 2.94. The summed E-state index contributed by atoms with van der Waals surface area (Å²) in [6.45, 7) is 7.86. The van der Waals surface area contributed by atoms with Gasteiger partial charge >= 0.3 is 0 Å². The number of ether oxygens (including phenoxy) is 2. The van der Waals surface area contributed by atoms with E-state index in [2.05, 4.69) is 13.8 Å². The van der Waals surface area contributed by atoms with E-state index in [1.807, 2.05) is 0 Å². The summed E-state index contributed by atoms with van der Waals surface area (Å²) >= 11 is 0. The van der Waals surface area contributed by atoms with Crippen molar-refractivity contribution in [3.05, 3.63) is 0 Å². The molecule has 0 aromatic rings. The summed E-state index contributed by atoms with van der Waals surface area (Å²) < 4.78 is 11.2. The molecular formula is C23H48O2. The first-order valence-corrected chi connectivity index (χ1v) is 11.6. The van der Waals surface area contributed by atoms with Gasteiger partial charge in [-0.3, -0.25) is 0 Å². The van der Waals surface area contributed by atoms with Crippen LogP contribution in [-0.4, -0.2) is 26.4 Å². The van der Waals surface area contributed by atoms with Crippen LogP contribution in [0.2, 0.25) is 0 Å². The third-order valence-electron chi connectivity index (χ3n) is 4.91. The zero-order valence-corrected chi connectivity index (χ0v) is 17.7. The van der Waals surface area contributed by atoms with Crippen LogP contribution in [-0.2, 0) is 9.47 Å². The van der Waals surface area contributed by atoms with Crippen LogP contribution in [0, 0.1) is 0 Å². The van der Waals surface area contributed by atoms with Gasteiger partial charge in [-0.05, 0) is 12.8 Å². The molecule has 0 aromatic carbocycles. The van der Waals surface area contributed by atoms with E-state index in [9.17, 15) is 0 Å². The summed E-state index contributed by atoms with van der Waals surface area (Å²) in [4.78, 5) is 0. The Hall–Kier alpha value is -0.0800. The number of unbranched alkanes of at least 4 members (excludes halogenated alkanes) is 15. The average Bonchev–Trinajstić information content (AvgIpc) is 2.63. The van der Waals surface area contributed by atoms with Crippen molar-refractivity contribution in [2.24, 2.45) is 0 Å². The molecule has 0 aliphatic carbocycles. The third-order valence-corrected chi connectivity index (χ3v) is 4.91. The molecule has 2 heteroatoms. The van der Waals surface area contributed by atoms with Gasteiger partial charge in [0.15, 0.2) is 0 Å². The van der Waals surface area contributed by atoms with Crippen molar-refractivity contribution in [1.29, 1.82) is 0 Å². The van der Waals surface area contributed by atoms with Gasteiger partial charge in [-0.2, -0.15) is 0 Å². The minimum absolute atomic E-state index is 0.766. The van der Waals surface area contributed by atoms with Crippen molar-refractivity contribution >= 4 is 0 Å². The predicted molar refractivity (Wildman–Crippen MR) is 111 cm³/mol. The third kappa shape index (κ3) is 23.9. The fraction of sp³-hybridized carbons (Fsp3) is 1.00. The Morgan fingerprint density at radius 2 is 0.600 bits per heavy atom. The van der Waals surface area contributed by atoms with Crippen LogP contribution < -0.4 is 0 Å². The van der Waals surface area contributed by atoms with Crippen molar-refractivity contribution in [2.75, 3.05) is 26.4 Å². The van der Waals surface area contributed by atoms with E-state index in [-0.39, 0.29) is 0 Å². The first-order valence-electron chi connectivity index (χ1n) is 11.6. The highest BCUT2D eigenvalue weighted by atomic mass is 16.5. The number of hydrogen-bond acceptors (Lipinski definition) is 2. The number of rotatable bonds is 22. The SMILES string of the molecule is CCCCCCCCCCCCCCCCOCCOCCCCC. The monoisotopic (exact) mass is 356 g/mol. The Kier molecular flexibility index (Phi) is 23.8. The van der Waals surface area contributed by atoms with Crippen molar-refractivity contribution in [3.63, 3.8) is 0 Å². The van der Waals surface area contributed by atoms with E-state index in [1.54, 1.807) is 0 Å². The highest BCUT2D eigenvalue weighted by Crippen LogP contribution is 2.12. The molecule has 0 rings (SSSR count). The minimum Gasteiger partial charge on any atom is -0.379 e. The standard InChI is InChI=1S/C23H48O2/c1-3-5-7-8-9-10-11-12-13-14-15-16-17-19-21-25-23-22-24-20-18-6-4-2/h3-23H2,1-2H3. The molecular weight excluding hydrogens is 308 g/mol.